The molecule has 0 fully saturated rings. The highest BCUT2D eigenvalue weighted by molar-refractivity contribution is 7.22. The standard InChI is InChI=1S/C5H14NO.2ClH.Mg/c1-6(2,3)4-5-7;;;/h7H,4-5H2,1-3H3;2*1H;/q+1;;;+2/p-2. The molecule has 0 aromatic heterocycles. The maximum absolute atomic E-state index is 8.39. The van der Waals surface area contributed by atoms with Gasteiger partial charge in [0.25, 0.3) is 0 Å². The van der Waals surface area contributed by atoms with Crippen molar-refractivity contribution < 1.29 is 9.59 Å². The van der Waals surface area contributed by atoms with E-state index in [1.54, 1.807) is 0 Å². The highest BCUT2D eigenvalue weighted by Crippen LogP contribution is 1.84. The van der Waals surface area contributed by atoms with Crippen molar-refractivity contribution in [3.05, 3.63) is 0 Å². The van der Waals surface area contributed by atoms with Crippen molar-refractivity contribution in [3.63, 3.8) is 0 Å². The molecule has 0 rings (SSSR count). The van der Waals surface area contributed by atoms with Crippen LogP contribution in [0.4, 0.5) is 0 Å². The van der Waals surface area contributed by atoms with E-state index < -0.39 is 18.2 Å². The molecule has 0 heterocycles. The first-order chi connectivity index (χ1) is 4.47. The summed E-state index contributed by atoms with van der Waals surface area (Å²) in [5.41, 5.74) is 0. The van der Waals surface area contributed by atoms with Crippen molar-refractivity contribution >= 4 is 36.3 Å². The van der Waals surface area contributed by atoms with E-state index in [1.165, 1.54) is 0 Å². The second-order valence-corrected chi connectivity index (χ2v) is 5.46. The summed E-state index contributed by atoms with van der Waals surface area (Å²) in [7, 11) is 16.0. The van der Waals surface area contributed by atoms with Gasteiger partial charge in [0.2, 0.25) is 0 Å². The van der Waals surface area contributed by atoms with E-state index in [9.17, 15) is 0 Å². The van der Waals surface area contributed by atoms with Crippen LogP contribution in [0.2, 0.25) is 0 Å². The molecule has 60 valence electrons. The first-order valence-corrected chi connectivity index (χ1v) is 7.28. The van der Waals surface area contributed by atoms with Crippen molar-refractivity contribution in [1.29, 1.82) is 0 Å². The van der Waals surface area contributed by atoms with Crippen LogP contribution in [0.3, 0.4) is 0 Å². The van der Waals surface area contributed by atoms with Crippen LogP contribution in [0.25, 0.3) is 0 Å². The van der Waals surface area contributed by atoms with Crippen molar-refractivity contribution in [2.45, 2.75) is 0 Å². The number of nitrogens with zero attached hydrogens (tertiary/aromatic N) is 1. The summed E-state index contributed by atoms with van der Waals surface area (Å²) in [4.78, 5) is 0. The van der Waals surface area contributed by atoms with Crippen molar-refractivity contribution in [2.75, 3.05) is 34.3 Å². The fraction of sp³-hybridized carbons (Fsp3) is 1.00. The molecule has 10 heavy (non-hydrogen) atoms. The number of halogens is 2. The van der Waals surface area contributed by atoms with Gasteiger partial charge in [0.05, 0.1) is 27.7 Å². The molecule has 1 N–H and O–H groups in total. The predicted molar refractivity (Wildman–Crippen MR) is 47.4 cm³/mol. The van der Waals surface area contributed by atoms with E-state index in [2.05, 4.69) is 21.1 Å². The fourth-order valence-electron chi connectivity index (χ4n) is 0.300. The molecule has 0 atom stereocenters. The van der Waals surface area contributed by atoms with Gasteiger partial charge in [-0.15, -0.1) is 0 Å². The molecule has 0 radical (unpaired) electrons. The third-order valence-electron chi connectivity index (χ3n) is 0.771. The Bertz CT molecular complexity index is 67.2. The molecule has 2 nitrogen and oxygen atoms in total. The third kappa shape index (κ3) is 22.8. The average molecular weight is 199 g/mol. The molecule has 0 spiro atoms. The SMILES string of the molecule is C[N+](C)(C)CCO.[Cl][Mg][Cl]. The van der Waals surface area contributed by atoms with Crippen LogP contribution >= 0.6 is 18.1 Å². The predicted octanol–water partition coefficient (Wildman–Crippen LogP) is 0.683. The van der Waals surface area contributed by atoms with Gasteiger partial charge in [-0.2, -0.15) is 0 Å². The van der Waals surface area contributed by atoms with Crippen LogP contribution in [0.5, 0.6) is 0 Å². The van der Waals surface area contributed by atoms with Crippen LogP contribution in [-0.4, -0.2) is 62.0 Å². The molecule has 0 aliphatic rings. The Morgan fingerprint density at radius 3 is 1.60 bits per heavy atom. The Morgan fingerprint density at radius 1 is 1.30 bits per heavy atom. The topological polar surface area (TPSA) is 20.2 Å². The highest BCUT2D eigenvalue weighted by Gasteiger charge is 2.02. The Balaban J connectivity index is 0. The zero-order valence-corrected chi connectivity index (χ0v) is 9.70. The minimum atomic E-state index is -0.639. The highest BCUT2D eigenvalue weighted by atomic mass is 35.6. The number of hydrogen-bond donors (Lipinski definition) is 1. The summed E-state index contributed by atoms with van der Waals surface area (Å²) >= 11 is -0.639. The maximum atomic E-state index is 8.39. The Labute approximate surface area is 80.0 Å². The van der Waals surface area contributed by atoms with Crippen LogP contribution < -0.4 is 0 Å². The van der Waals surface area contributed by atoms with Crippen molar-refractivity contribution in [2.24, 2.45) is 0 Å². The Hall–Kier alpha value is 1.27. The Morgan fingerprint density at radius 2 is 1.60 bits per heavy atom. The number of hydrogen-bond acceptors (Lipinski definition) is 1. The van der Waals surface area contributed by atoms with Gasteiger partial charge in [0, 0.05) is 0 Å². The lowest BCUT2D eigenvalue weighted by Gasteiger charge is -2.21. The lowest BCUT2D eigenvalue weighted by Crippen LogP contribution is -2.36. The van der Waals surface area contributed by atoms with Crippen LogP contribution in [0.1, 0.15) is 0 Å². The largest absolute Gasteiger partial charge is 0.618 e. The molecule has 0 unspecified atom stereocenters. The normalized spacial score (nSPS) is 9.40. The molecule has 0 bridgehead atoms. The summed E-state index contributed by atoms with van der Waals surface area (Å²) in [6.45, 7) is 1.11. The minimum absolute atomic E-state index is 0.281. The second kappa shape index (κ2) is 8.36. The maximum Gasteiger partial charge on any atom is 0.618 e. The lowest BCUT2D eigenvalue weighted by atomic mass is 10.5. The smallest absolute Gasteiger partial charge is 0.391 e. The van der Waals surface area contributed by atoms with E-state index in [4.69, 9.17) is 23.2 Å². The summed E-state index contributed by atoms with van der Waals surface area (Å²) in [6.07, 6.45) is 0. The number of quaternary nitrogens is 1. The van der Waals surface area contributed by atoms with Gasteiger partial charge in [-0.1, -0.05) is 0 Å². The quantitative estimate of drug-likeness (QED) is 0.512. The fourth-order valence-corrected chi connectivity index (χ4v) is 0.300. The monoisotopic (exact) mass is 198 g/mol. The first-order valence-electron chi connectivity index (χ1n) is 3.01. The zero-order valence-electron chi connectivity index (χ0n) is 6.77. The van der Waals surface area contributed by atoms with Crippen LogP contribution in [0, 0.1) is 0 Å². The van der Waals surface area contributed by atoms with Gasteiger partial charge >= 0.3 is 18.2 Å². The van der Waals surface area contributed by atoms with Crippen LogP contribution in [0.15, 0.2) is 0 Å². The van der Waals surface area contributed by atoms with Gasteiger partial charge in [0.1, 0.15) is 6.54 Å². The molecule has 0 aromatic rings. The third-order valence-corrected chi connectivity index (χ3v) is 0.771. The number of likely N-dealkylation sites (N-methyl/N-ethyl adjacent to an activating group) is 1. The van der Waals surface area contributed by atoms with E-state index in [-0.39, 0.29) is 6.61 Å². The van der Waals surface area contributed by atoms with Gasteiger partial charge in [-0.3, -0.25) is 0 Å². The number of aliphatic hydroxyl groups excluding tert-OH is 1. The first kappa shape index (κ1) is 13.8. The van der Waals surface area contributed by atoms with Crippen molar-refractivity contribution in [1.82, 2.24) is 0 Å². The van der Waals surface area contributed by atoms with Crippen molar-refractivity contribution in [3.8, 4) is 0 Å². The summed E-state index contributed by atoms with van der Waals surface area (Å²) in [5.74, 6) is 0. The van der Waals surface area contributed by atoms with Gasteiger partial charge < -0.3 is 27.7 Å². The average Bonchev–Trinajstić information content (AvgIpc) is 1.63. The molecule has 0 aromatic carbocycles. The van der Waals surface area contributed by atoms with Gasteiger partial charge in [0.15, 0.2) is 0 Å². The minimum Gasteiger partial charge on any atom is -0.391 e. The molecule has 0 amide bonds. The lowest BCUT2D eigenvalue weighted by molar-refractivity contribution is -0.870. The van der Waals surface area contributed by atoms with E-state index in [0.717, 1.165) is 11.0 Å². The Kier molecular flexibility index (Phi) is 11.6. The number of aliphatic hydroxyl groups is 1. The molecule has 0 saturated heterocycles. The van der Waals surface area contributed by atoms with E-state index in [0.29, 0.717) is 0 Å². The zero-order chi connectivity index (χ0) is 8.62. The van der Waals surface area contributed by atoms with E-state index in [1.807, 2.05) is 0 Å². The van der Waals surface area contributed by atoms with Crippen LogP contribution in [-0.2, 0) is 0 Å². The van der Waals surface area contributed by atoms with Gasteiger partial charge in [-0.25, -0.2) is 0 Å². The number of rotatable bonds is 2. The summed E-state index contributed by atoms with van der Waals surface area (Å²) in [5, 5.41) is 8.39. The molecule has 0 aliphatic carbocycles. The van der Waals surface area contributed by atoms with Gasteiger partial charge in [-0.05, 0) is 0 Å². The molecular weight excluding hydrogens is 185 g/mol. The summed E-state index contributed by atoms with van der Waals surface area (Å²) < 4.78 is 0.844. The molecule has 5 heteroatoms. The summed E-state index contributed by atoms with van der Waals surface area (Å²) in [6, 6.07) is 0. The molecule has 0 saturated carbocycles. The molecular formula is C5H14Cl2MgNO+. The van der Waals surface area contributed by atoms with E-state index >= 15 is 0 Å². The second-order valence-electron chi connectivity index (χ2n) is 2.84. The molecule has 0 aliphatic heterocycles.